The lowest BCUT2D eigenvalue weighted by Crippen LogP contribution is -2.06. The Kier molecular flexibility index (Phi) is 6.87. The number of carbonyl (C=O) groups excluding carboxylic acids is 1. The van der Waals surface area contributed by atoms with Crippen molar-refractivity contribution >= 4 is 11.5 Å². The minimum absolute atomic E-state index is 0.0649. The number of hydrogen-bond donors (Lipinski definition) is 1. The number of Topliss-reactive ketones (excluding diaryl/α,β-unsaturated/α-hetero) is 1. The molecule has 0 saturated heterocycles. The molecule has 0 aliphatic carbocycles. The summed E-state index contributed by atoms with van der Waals surface area (Å²) in [4.78, 5) is 10.6. The summed E-state index contributed by atoms with van der Waals surface area (Å²) >= 11 is 0. The molecule has 0 saturated carbocycles. The van der Waals surface area contributed by atoms with Gasteiger partial charge in [0.2, 0.25) is 0 Å². The molecule has 100 valence electrons. The van der Waals surface area contributed by atoms with Gasteiger partial charge in [0.15, 0.2) is 5.78 Å². The molecule has 0 aliphatic rings. The molecule has 1 rings (SSSR count). The topological polar surface area (TPSA) is 47.6 Å². The number of anilines is 1. The predicted molar refractivity (Wildman–Crippen MR) is 72.2 cm³/mol. The second-order valence-electron chi connectivity index (χ2n) is 4.09. The smallest absolute Gasteiger partial charge is 0.155 e. The number of hydrogen-bond acceptors (Lipinski definition) is 4. The van der Waals surface area contributed by atoms with E-state index in [1.54, 1.807) is 0 Å². The van der Waals surface area contributed by atoms with Crippen LogP contribution in [0.15, 0.2) is 24.3 Å². The maximum atomic E-state index is 10.6. The average Bonchev–Trinajstić information content (AvgIpc) is 2.37. The van der Waals surface area contributed by atoms with Crippen LogP contribution in [0.5, 0.6) is 5.75 Å². The average molecular weight is 251 g/mol. The van der Waals surface area contributed by atoms with Crippen molar-refractivity contribution in [1.29, 1.82) is 0 Å². The number of nitrogens with one attached hydrogen (secondary N) is 1. The lowest BCUT2D eigenvalue weighted by atomic mass is 10.3. The van der Waals surface area contributed by atoms with E-state index >= 15 is 0 Å². The molecule has 0 radical (unpaired) electrons. The highest BCUT2D eigenvalue weighted by molar-refractivity contribution is 5.76. The van der Waals surface area contributed by atoms with Crippen molar-refractivity contribution in [3.8, 4) is 5.75 Å². The summed E-state index contributed by atoms with van der Waals surface area (Å²) in [6.07, 6.45) is 1.82. The molecule has 0 heterocycles. The molecule has 4 heteroatoms. The molecular weight excluding hydrogens is 230 g/mol. The number of carbonyl (C=O) groups is 1. The Labute approximate surface area is 108 Å². The first-order valence-electron chi connectivity index (χ1n) is 6.20. The van der Waals surface area contributed by atoms with Gasteiger partial charge >= 0.3 is 0 Å². The zero-order valence-corrected chi connectivity index (χ0v) is 11.1. The van der Waals surface area contributed by atoms with Crippen LogP contribution < -0.4 is 10.1 Å². The lowest BCUT2D eigenvalue weighted by molar-refractivity contribution is -0.121. The standard InChI is InChI=1S/C14H21NO3/c1-12(16)11-17-8-3-4-9-18-14-7-5-6-13(10-14)15-2/h5-7,10,15H,3-4,8-9,11H2,1-2H3. The van der Waals surface area contributed by atoms with Crippen LogP contribution in [-0.2, 0) is 9.53 Å². The Morgan fingerprint density at radius 2 is 2.06 bits per heavy atom. The van der Waals surface area contributed by atoms with E-state index in [1.807, 2.05) is 31.3 Å². The molecule has 0 bridgehead atoms. The van der Waals surface area contributed by atoms with Gasteiger partial charge in [0, 0.05) is 25.4 Å². The van der Waals surface area contributed by atoms with Crippen LogP contribution in [0, 0.1) is 0 Å². The van der Waals surface area contributed by atoms with Crippen molar-refractivity contribution in [2.45, 2.75) is 19.8 Å². The van der Waals surface area contributed by atoms with Crippen molar-refractivity contribution in [2.75, 3.05) is 32.2 Å². The fraction of sp³-hybridized carbons (Fsp3) is 0.500. The van der Waals surface area contributed by atoms with Gasteiger partial charge in [-0.2, -0.15) is 0 Å². The van der Waals surface area contributed by atoms with Crippen molar-refractivity contribution in [3.63, 3.8) is 0 Å². The second-order valence-corrected chi connectivity index (χ2v) is 4.09. The number of unbranched alkanes of at least 4 members (excludes halogenated alkanes) is 1. The number of rotatable bonds is 9. The van der Waals surface area contributed by atoms with Crippen LogP contribution in [0.25, 0.3) is 0 Å². The van der Waals surface area contributed by atoms with Gasteiger partial charge in [-0.25, -0.2) is 0 Å². The fourth-order valence-corrected chi connectivity index (χ4v) is 1.45. The van der Waals surface area contributed by atoms with Crippen molar-refractivity contribution in [1.82, 2.24) is 0 Å². The molecular formula is C14H21NO3. The summed E-state index contributed by atoms with van der Waals surface area (Å²) in [7, 11) is 1.88. The highest BCUT2D eigenvalue weighted by Crippen LogP contribution is 2.16. The van der Waals surface area contributed by atoms with Gasteiger partial charge in [-0.05, 0) is 31.9 Å². The third-order valence-corrected chi connectivity index (χ3v) is 2.38. The molecule has 1 aromatic rings. The third-order valence-electron chi connectivity index (χ3n) is 2.38. The van der Waals surface area contributed by atoms with E-state index in [9.17, 15) is 4.79 Å². The fourth-order valence-electron chi connectivity index (χ4n) is 1.45. The maximum Gasteiger partial charge on any atom is 0.155 e. The summed E-state index contributed by atoms with van der Waals surface area (Å²) in [5.74, 6) is 0.932. The van der Waals surface area contributed by atoms with E-state index in [1.165, 1.54) is 6.92 Å². The highest BCUT2D eigenvalue weighted by Gasteiger charge is 1.96. The van der Waals surface area contributed by atoms with Crippen LogP contribution in [0.1, 0.15) is 19.8 Å². The van der Waals surface area contributed by atoms with Crippen LogP contribution in [0.3, 0.4) is 0 Å². The van der Waals surface area contributed by atoms with E-state index in [-0.39, 0.29) is 12.4 Å². The first-order valence-corrected chi connectivity index (χ1v) is 6.20. The van der Waals surface area contributed by atoms with E-state index in [4.69, 9.17) is 9.47 Å². The highest BCUT2D eigenvalue weighted by atomic mass is 16.5. The maximum absolute atomic E-state index is 10.6. The molecule has 1 N–H and O–H groups in total. The molecule has 0 spiro atoms. The summed E-state index contributed by atoms with van der Waals surface area (Å²) in [6.45, 7) is 3.01. The van der Waals surface area contributed by atoms with Crippen LogP contribution >= 0.6 is 0 Å². The van der Waals surface area contributed by atoms with E-state index < -0.39 is 0 Å². The van der Waals surface area contributed by atoms with Gasteiger partial charge in [0.05, 0.1) is 6.61 Å². The van der Waals surface area contributed by atoms with E-state index in [2.05, 4.69) is 5.32 Å². The quantitative estimate of drug-likeness (QED) is 0.685. The van der Waals surface area contributed by atoms with Crippen LogP contribution in [0.4, 0.5) is 5.69 Å². The van der Waals surface area contributed by atoms with Crippen molar-refractivity contribution < 1.29 is 14.3 Å². The Hall–Kier alpha value is -1.55. The van der Waals surface area contributed by atoms with Crippen LogP contribution in [0.2, 0.25) is 0 Å². The molecule has 0 amide bonds. The summed E-state index contributed by atoms with van der Waals surface area (Å²) in [5.41, 5.74) is 1.04. The van der Waals surface area contributed by atoms with Crippen molar-refractivity contribution in [2.24, 2.45) is 0 Å². The lowest BCUT2D eigenvalue weighted by Gasteiger charge is -2.08. The van der Waals surface area contributed by atoms with Gasteiger partial charge < -0.3 is 14.8 Å². The molecule has 0 aromatic heterocycles. The normalized spacial score (nSPS) is 10.1. The zero-order valence-electron chi connectivity index (χ0n) is 11.1. The number of ketones is 1. The minimum Gasteiger partial charge on any atom is -0.494 e. The number of benzene rings is 1. The first-order chi connectivity index (χ1) is 8.72. The van der Waals surface area contributed by atoms with Gasteiger partial charge in [-0.1, -0.05) is 6.07 Å². The molecule has 18 heavy (non-hydrogen) atoms. The molecule has 0 fully saturated rings. The molecule has 0 atom stereocenters. The first kappa shape index (κ1) is 14.5. The van der Waals surface area contributed by atoms with Gasteiger partial charge in [0.1, 0.15) is 12.4 Å². The monoisotopic (exact) mass is 251 g/mol. The molecule has 0 aliphatic heterocycles. The number of ether oxygens (including phenoxy) is 2. The molecule has 4 nitrogen and oxygen atoms in total. The largest absolute Gasteiger partial charge is 0.494 e. The minimum atomic E-state index is 0.0649. The SMILES string of the molecule is CNc1cccc(OCCCCOCC(C)=O)c1. The Morgan fingerprint density at radius 1 is 1.28 bits per heavy atom. The van der Waals surface area contributed by atoms with Crippen molar-refractivity contribution in [3.05, 3.63) is 24.3 Å². The van der Waals surface area contributed by atoms with Gasteiger partial charge in [0.25, 0.3) is 0 Å². The summed E-state index contributed by atoms with van der Waals surface area (Å²) in [6, 6.07) is 7.85. The Morgan fingerprint density at radius 3 is 2.78 bits per heavy atom. The van der Waals surface area contributed by atoms with Gasteiger partial charge in [-0.3, -0.25) is 4.79 Å². The Bertz CT molecular complexity index is 366. The third kappa shape index (κ3) is 6.25. The summed E-state index contributed by atoms with van der Waals surface area (Å²) < 4.78 is 10.8. The van der Waals surface area contributed by atoms with Crippen LogP contribution in [-0.4, -0.2) is 32.7 Å². The Balaban J connectivity index is 2.08. The molecule has 0 unspecified atom stereocenters. The summed E-state index contributed by atoms with van der Waals surface area (Å²) in [5, 5.41) is 3.06. The van der Waals surface area contributed by atoms with Gasteiger partial charge in [-0.15, -0.1) is 0 Å². The van der Waals surface area contributed by atoms with E-state index in [0.717, 1.165) is 24.3 Å². The molecule has 1 aromatic carbocycles. The second kappa shape index (κ2) is 8.53. The predicted octanol–water partition coefficient (Wildman–Crippen LogP) is 2.49. The zero-order chi connectivity index (χ0) is 13.2. The van der Waals surface area contributed by atoms with E-state index in [0.29, 0.717) is 13.2 Å².